The zero-order valence-corrected chi connectivity index (χ0v) is 10.9. The first kappa shape index (κ1) is 13.3. The summed E-state index contributed by atoms with van der Waals surface area (Å²) in [4.78, 5) is 14.9. The number of pyridine rings is 1. The molecule has 1 heterocycles. The average Bonchev–Trinajstić information content (AvgIpc) is 2.39. The average molecular weight is 255 g/mol. The molecule has 0 radical (unpaired) electrons. The van der Waals surface area contributed by atoms with Gasteiger partial charge in [-0.1, -0.05) is 37.3 Å². The van der Waals surface area contributed by atoms with E-state index in [0.717, 1.165) is 23.2 Å². The van der Waals surface area contributed by atoms with Crippen molar-refractivity contribution < 1.29 is 9.90 Å². The van der Waals surface area contributed by atoms with Crippen LogP contribution in [0.5, 0.6) is 0 Å². The summed E-state index contributed by atoms with van der Waals surface area (Å²) < 4.78 is 0. The second kappa shape index (κ2) is 6.14. The van der Waals surface area contributed by atoms with Crippen LogP contribution in [0.15, 0.2) is 48.7 Å². The first-order chi connectivity index (χ1) is 9.15. The summed E-state index contributed by atoms with van der Waals surface area (Å²) in [5.74, 6) is -0.587. The van der Waals surface area contributed by atoms with Crippen LogP contribution in [0.3, 0.4) is 0 Å². The van der Waals surface area contributed by atoms with E-state index in [1.807, 2.05) is 49.4 Å². The smallest absolute Gasteiger partial charge is 0.303 e. The number of carboxylic acids is 1. The van der Waals surface area contributed by atoms with E-state index >= 15 is 0 Å². The van der Waals surface area contributed by atoms with Crippen molar-refractivity contribution in [1.29, 1.82) is 0 Å². The van der Waals surface area contributed by atoms with Gasteiger partial charge in [0.05, 0.1) is 5.69 Å². The number of rotatable bonds is 5. The standard InChI is InChI=1S/C16H17NO2/c1-12(11-16(18)19)10-13-5-7-14(8-6-13)15-4-2-3-9-17-15/h2-9,12H,10-11H2,1H3,(H,18,19). The second-order valence-electron chi connectivity index (χ2n) is 4.82. The molecule has 0 saturated heterocycles. The van der Waals surface area contributed by atoms with E-state index in [-0.39, 0.29) is 12.3 Å². The quantitative estimate of drug-likeness (QED) is 0.890. The topological polar surface area (TPSA) is 50.2 Å². The van der Waals surface area contributed by atoms with Crippen molar-refractivity contribution >= 4 is 5.97 Å². The first-order valence-electron chi connectivity index (χ1n) is 6.37. The van der Waals surface area contributed by atoms with Gasteiger partial charge in [0, 0.05) is 18.2 Å². The third-order valence-electron chi connectivity index (χ3n) is 3.02. The zero-order valence-electron chi connectivity index (χ0n) is 10.9. The van der Waals surface area contributed by atoms with Crippen molar-refractivity contribution in [3.8, 4) is 11.3 Å². The van der Waals surface area contributed by atoms with Gasteiger partial charge in [-0.3, -0.25) is 9.78 Å². The number of benzene rings is 1. The van der Waals surface area contributed by atoms with E-state index in [2.05, 4.69) is 4.98 Å². The number of carboxylic acid groups (broad SMARTS) is 1. The highest BCUT2D eigenvalue weighted by atomic mass is 16.4. The van der Waals surface area contributed by atoms with Gasteiger partial charge in [0.2, 0.25) is 0 Å². The van der Waals surface area contributed by atoms with Crippen molar-refractivity contribution in [2.24, 2.45) is 5.92 Å². The maximum atomic E-state index is 10.6. The first-order valence-corrected chi connectivity index (χ1v) is 6.37. The maximum Gasteiger partial charge on any atom is 0.303 e. The Hall–Kier alpha value is -2.16. The van der Waals surface area contributed by atoms with Crippen LogP contribution in [0.1, 0.15) is 18.9 Å². The Morgan fingerprint density at radius 1 is 1.21 bits per heavy atom. The molecule has 0 saturated carbocycles. The summed E-state index contributed by atoms with van der Waals surface area (Å²) in [6.45, 7) is 1.96. The van der Waals surface area contributed by atoms with Gasteiger partial charge in [0.1, 0.15) is 0 Å². The lowest BCUT2D eigenvalue weighted by Crippen LogP contribution is -2.06. The summed E-state index contributed by atoms with van der Waals surface area (Å²) in [7, 11) is 0. The van der Waals surface area contributed by atoms with Crippen LogP contribution in [-0.2, 0) is 11.2 Å². The van der Waals surface area contributed by atoms with Gasteiger partial charge in [-0.2, -0.15) is 0 Å². The normalized spacial score (nSPS) is 12.1. The molecule has 1 aromatic heterocycles. The van der Waals surface area contributed by atoms with Crippen molar-refractivity contribution in [3.05, 3.63) is 54.2 Å². The zero-order chi connectivity index (χ0) is 13.7. The van der Waals surface area contributed by atoms with Crippen LogP contribution in [-0.4, -0.2) is 16.1 Å². The predicted octanol–water partition coefficient (Wildman–Crippen LogP) is 3.40. The number of nitrogens with zero attached hydrogens (tertiary/aromatic N) is 1. The Morgan fingerprint density at radius 3 is 2.53 bits per heavy atom. The minimum Gasteiger partial charge on any atom is -0.481 e. The molecular formula is C16H17NO2. The molecule has 3 nitrogen and oxygen atoms in total. The molecule has 1 N–H and O–H groups in total. The molecule has 0 amide bonds. The number of hydrogen-bond donors (Lipinski definition) is 1. The molecule has 3 heteroatoms. The lowest BCUT2D eigenvalue weighted by molar-refractivity contribution is -0.137. The monoisotopic (exact) mass is 255 g/mol. The lowest BCUT2D eigenvalue weighted by Gasteiger charge is -2.09. The van der Waals surface area contributed by atoms with Crippen molar-refractivity contribution in [2.45, 2.75) is 19.8 Å². The Labute approximate surface area is 112 Å². The summed E-state index contributed by atoms with van der Waals surface area (Å²) in [5.41, 5.74) is 3.19. The molecule has 1 atom stereocenters. The largest absolute Gasteiger partial charge is 0.481 e. The number of aliphatic carboxylic acids is 1. The highest BCUT2D eigenvalue weighted by Gasteiger charge is 2.08. The highest BCUT2D eigenvalue weighted by Crippen LogP contribution is 2.19. The van der Waals surface area contributed by atoms with Crippen LogP contribution in [0, 0.1) is 5.92 Å². The van der Waals surface area contributed by atoms with Crippen LogP contribution >= 0.6 is 0 Å². The molecule has 1 aromatic carbocycles. The van der Waals surface area contributed by atoms with E-state index in [4.69, 9.17) is 5.11 Å². The fourth-order valence-electron chi connectivity index (χ4n) is 2.12. The fraction of sp³-hybridized carbons (Fsp3) is 0.250. The van der Waals surface area contributed by atoms with E-state index < -0.39 is 5.97 Å². The van der Waals surface area contributed by atoms with Gasteiger partial charge in [0.15, 0.2) is 0 Å². The molecular weight excluding hydrogens is 238 g/mol. The molecule has 0 aliphatic heterocycles. The molecule has 0 aliphatic rings. The molecule has 19 heavy (non-hydrogen) atoms. The molecule has 1 unspecified atom stereocenters. The number of hydrogen-bond acceptors (Lipinski definition) is 2. The van der Waals surface area contributed by atoms with Gasteiger partial charge < -0.3 is 5.11 Å². The number of carbonyl (C=O) groups is 1. The van der Waals surface area contributed by atoms with Crippen molar-refractivity contribution in [2.75, 3.05) is 0 Å². The van der Waals surface area contributed by atoms with Crippen molar-refractivity contribution in [3.63, 3.8) is 0 Å². The number of aromatic nitrogens is 1. The Morgan fingerprint density at radius 2 is 1.95 bits per heavy atom. The molecule has 98 valence electrons. The summed E-state index contributed by atoms with van der Waals surface area (Å²) >= 11 is 0. The Bertz CT molecular complexity index is 534. The predicted molar refractivity (Wildman–Crippen MR) is 74.8 cm³/mol. The molecule has 2 aromatic rings. The Balaban J connectivity index is 2.05. The van der Waals surface area contributed by atoms with Crippen LogP contribution in [0.2, 0.25) is 0 Å². The molecule has 0 spiro atoms. The highest BCUT2D eigenvalue weighted by molar-refractivity contribution is 5.67. The SMILES string of the molecule is CC(CC(=O)O)Cc1ccc(-c2ccccn2)cc1. The van der Waals surface area contributed by atoms with Crippen LogP contribution < -0.4 is 0 Å². The van der Waals surface area contributed by atoms with Crippen LogP contribution in [0.4, 0.5) is 0 Å². The van der Waals surface area contributed by atoms with Gasteiger partial charge >= 0.3 is 5.97 Å². The fourth-order valence-corrected chi connectivity index (χ4v) is 2.12. The third-order valence-corrected chi connectivity index (χ3v) is 3.02. The van der Waals surface area contributed by atoms with Gasteiger partial charge in [-0.25, -0.2) is 0 Å². The van der Waals surface area contributed by atoms with E-state index in [9.17, 15) is 4.79 Å². The minimum atomic E-state index is -0.738. The van der Waals surface area contributed by atoms with E-state index in [1.165, 1.54) is 0 Å². The van der Waals surface area contributed by atoms with Gasteiger partial charge in [-0.15, -0.1) is 0 Å². The van der Waals surface area contributed by atoms with E-state index in [1.54, 1.807) is 6.20 Å². The molecule has 0 aliphatic carbocycles. The van der Waals surface area contributed by atoms with Crippen LogP contribution in [0.25, 0.3) is 11.3 Å². The molecule has 2 rings (SSSR count). The molecule has 0 fully saturated rings. The van der Waals surface area contributed by atoms with Crippen molar-refractivity contribution in [1.82, 2.24) is 4.98 Å². The summed E-state index contributed by atoms with van der Waals surface area (Å²) in [6, 6.07) is 14.0. The van der Waals surface area contributed by atoms with E-state index in [0.29, 0.717) is 0 Å². The van der Waals surface area contributed by atoms with Gasteiger partial charge in [0.25, 0.3) is 0 Å². The van der Waals surface area contributed by atoms with Gasteiger partial charge in [-0.05, 0) is 30.0 Å². The Kier molecular flexibility index (Phi) is 4.29. The summed E-state index contributed by atoms with van der Waals surface area (Å²) in [6.07, 6.45) is 2.77. The molecule has 0 bridgehead atoms. The lowest BCUT2D eigenvalue weighted by atomic mass is 9.97. The summed E-state index contributed by atoms with van der Waals surface area (Å²) in [5, 5.41) is 8.75. The second-order valence-corrected chi connectivity index (χ2v) is 4.82. The third kappa shape index (κ3) is 3.91. The minimum absolute atomic E-state index is 0.151. The maximum absolute atomic E-state index is 10.6.